The zero-order valence-corrected chi connectivity index (χ0v) is 14.1. The van der Waals surface area contributed by atoms with E-state index in [9.17, 15) is 8.42 Å². The Morgan fingerprint density at radius 2 is 1.68 bits per heavy atom. The number of likely N-dealkylation sites (tertiary alicyclic amines) is 1. The molecule has 22 heavy (non-hydrogen) atoms. The van der Waals surface area contributed by atoms with Gasteiger partial charge in [0, 0.05) is 26.2 Å². The molecule has 0 aromatic heterocycles. The average Bonchev–Trinajstić information content (AvgIpc) is 3.07. The number of fused-ring (bicyclic) bond motifs is 1. The Balaban J connectivity index is 1.44. The van der Waals surface area contributed by atoms with Crippen LogP contribution in [0.5, 0.6) is 0 Å². The molecule has 2 saturated heterocycles. The van der Waals surface area contributed by atoms with Gasteiger partial charge in [-0.1, -0.05) is 30.3 Å². The summed E-state index contributed by atoms with van der Waals surface area (Å²) in [6, 6.07) is 10.6. The summed E-state index contributed by atoms with van der Waals surface area (Å²) >= 11 is 0. The summed E-state index contributed by atoms with van der Waals surface area (Å²) in [4.78, 5) is 2.52. The van der Waals surface area contributed by atoms with E-state index < -0.39 is 10.0 Å². The lowest BCUT2D eigenvalue weighted by Gasteiger charge is -2.20. The molecule has 2 unspecified atom stereocenters. The number of benzene rings is 1. The first-order chi connectivity index (χ1) is 10.6. The van der Waals surface area contributed by atoms with Crippen molar-refractivity contribution in [3.8, 4) is 0 Å². The largest absolute Gasteiger partial charge is 0.303 e. The van der Waals surface area contributed by atoms with Crippen LogP contribution in [-0.2, 0) is 16.4 Å². The highest BCUT2D eigenvalue weighted by molar-refractivity contribution is 7.89. The molecule has 1 aromatic rings. The fourth-order valence-electron chi connectivity index (χ4n) is 3.79. The van der Waals surface area contributed by atoms with Gasteiger partial charge in [-0.2, -0.15) is 0 Å². The highest BCUT2D eigenvalue weighted by atomic mass is 32.2. The number of aryl methyl sites for hydroxylation is 1. The number of nitrogens with zero attached hydrogens (tertiary/aromatic N) is 2. The maximum absolute atomic E-state index is 12.0. The lowest BCUT2D eigenvalue weighted by atomic mass is 10.0. The van der Waals surface area contributed by atoms with Gasteiger partial charge in [0.05, 0.1) is 5.75 Å². The van der Waals surface area contributed by atoms with Crippen molar-refractivity contribution in [2.75, 3.05) is 38.5 Å². The Morgan fingerprint density at radius 1 is 1.05 bits per heavy atom. The summed E-state index contributed by atoms with van der Waals surface area (Å²) in [5, 5.41) is 0. The predicted molar refractivity (Wildman–Crippen MR) is 89.2 cm³/mol. The van der Waals surface area contributed by atoms with Gasteiger partial charge in [0.2, 0.25) is 10.0 Å². The van der Waals surface area contributed by atoms with Gasteiger partial charge in [0.25, 0.3) is 0 Å². The Morgan fingerprint density at radius 3 is 2.27 bits per heavy atom. The summed E-state index contributed by atoms with van der Waals surface area (Å²) in [7, 11) is -3.00. The Bertz CT molecular complexity index is 574. The third kappa shape index (κ3) is 3.53. The minimum Gasteiger partial charge on any atom is -0.303 e. The summed E-state index contributed by atoms with van der Waals surface area (Å²) in [5.74, 6) is 1.31. The van der Waals surface area contributed by atoms with E-state index in [1.165, 1.54) is 12.0 Å². The SMILES string of the molecule is CCS(=O)(=O)N1CC2CN(CCCc3ccccc3)CC2C1. The van der Waals surface area contributed by atoms with Crippen molar-refractivity contribution >= 4 is 10.0 Å². The van der Waals surface area contributed by atoms with E-state index in [2.05, 4.69) is 35.2 Å². The lowest BCUT2D eigenvalue weighted by Crippen LogP contribution is -2.34. The summed E-state index contributed by atoms with van der Waals surface area (Å²) in [5.41, 5.74) is 1.40. The van der Waals surface area contributed by atoms with Gasteiger partial charge in [-0.15, -0.1) is 0 Å². The third-order valence-corrected chi connectivity index (χ3v) is 6.88. The van der Waals surface area contributed by atoms with Gasteiger partial charge in [-0.05, 0) is 43.7 Å². The summed E-state index contributed by atoms with van der Waals surface area (Å²) in [6.45, 7) is 6.46. The molecule has 0 radical (unpaired) electrons. The molecule has 2 aliphatic rings. The second-order valence-corrected chi connectivity index (χ2v) is 8.84. The van der Waals surface area contributed by atoms with Gasteiger partial charge < -0.3 is 4.90 Å². The van der Waals surface area contributed by atoms with E-state index >= 15 is 0 Å². The number of hydrogen-bond donors (Lipinski definition) is 0. The average molecular weight is 322 g/mol. The fourth-order valence-corrected chi connectivity index (χ4v) is 4.99. The van der Waals surface area contributed by atoms with E-state index in [0.29, 0.717) is 11.8 Å². The van der Waals surface area contributed by atoms with Crippen LogP contribution in [0, 0.1) is 11.8 Å². The van der Waals surface area contributed by atoms with Crippen LogP contribution in [0.1, 0.15) is 18.9 Å². The second kappa shape index (κ2) is 6.69. The molecule has 0 aliphatic carbocycles. The van der Waals surface area contributed by atoms with E-state index in [1.807, 2.05) is 0 Å². The van der Waals surface area contributed by atoms with E-state index in [1.54, 1.807) is 11.2 Å². The maximum Gasteiger partial charge on any atom is 0.213 e. The molecule has 4 nitrogen and oxygen atoms in total. The van der Waals surface area contributed by atoms with Gasteiger partial charge in [-0.3, -0.25) is 0 Å². The molecule has 5 heteroatoms. The highest BCUT2D eigenvalue weighted by Crippen LogP contribution is 2.32. The molecule has 1 aromatic carbocycles. The van der Waals surface area contributed by atoms with Crippen LogP contribution < -0.4 is 0 Å². The van der Waals surface area contributed by atoms with Gasteiger partial charge >= 0.3 is 0 Å². The molecule has 2 heterocycles. The number of sulfonamides is 1. The molecule has 0 amide bonds. The monoisotopic (exact) mass is 322 g/mol. The molecular weight excluding hydrogens is 296 g/mol. The fraction of sp³-hybridized carbons (Fsp3) is 0.647. The van der Waals surface area contributed by atoms with Crippen LogP contribution in [0.25, 0.3) is 0 Å². The standard InChI is InChI=1S/C17H26N2O2S/c1-2-22(20,21)19-13-16-11-18(12-17(16)14-19)10-6-9-15-7-4-3-5-8-15/h3-5,7-8,16-17H,2,6,9-14H2,1H3. The minimum absolute atomic E-state index is 0.229. The lowest BCUT2D eigenvalue weighted by molar-refractivity contribution is 0.293. The minimum atomic E-state index is -3.00. The zero-order chi connectivity index (χ0) is 15.6. The van der Waals surface area contributed by atoms with Crippen LogP contribution in [0.3, 0.4) is 0 Å². The van der Waals surface area contributed by atoms with Crippen LogP contribution in [0.4, 0.5) is 0 Å². The molecular formula is C17H26N2O2S. The quantitative estimate of drug-likeness (QED) is 0.802. The Hall–Kier alpha value is -0.910. The maximum atomic E-state index is 12.0. The van der Waals surface area contributed by atoms with Crippen molar-refractivity contribution in [1.29, 1.82) is 0 Å². The van der Waals surface area contributed by atoms with Crippen LogP contribution in [0.15, 0.2) is 30.3 Å². The molecule has 2 atom stereocenters. The predicted octanol–water partition coefficient (Wildman–Crippen LogP) is 1.83. The van der Waals surface area contributed by atoms with E-state index in [4.69, 9.17) is 0 Å². The third-order valence-electron chi connectivity index (χ3n) is 5.07. The normalized spacial score (nSPS) is 26.4. The molecule has 2 fully saturated rings. The highest BCUT2D eigenvalue weighted by Gasteiger charge is 2.42. The van der Waals surface area contributed by atoms with Crippen molar-refractivity contribution in [1.82, 2.24) is 9.21 Å². The molecule has 3 rings (SSSR count). The van der Waals surface area contributed by atoms with Gasteiger partial charge in [-0.25, -0.2) is 12.7 Å². The smallest absolute Gasteiger partial charge is 0.213 e. The molecule has 0 N–H and O–H groups in total. The first kappa shape index (κ1) is 16.0. The molecule has 2 aliphatic heterocycles. The van der Waals surface area contributed by atoms with Crippen molar-refractivity contribution in [3.63, 3.8) is 0 Å². The number of hydrogen-bond acceptors (Lipinski definition) is 3. The van der Waals surface area contributed by atoms with Crippen LogP contribution in [-0.4, -0.2) is 56.1 Å². The first-order valence-electron chi connectivity index (χ1n) is 8.32. The molecule has 0 spiro atoms. The molecule has 0 bridgehead atoms. The van der Waals surface area contributed by atoms with Gasteiger partial charge in [0.1, 0.15) is 0 Å². The van der Waals surface area contributed by atoms with Crippen molar-refractivity contribution in [3.05, 3.63) is 35.9 Å². The van der Waals surface area contributed by atoms with Crippen molar-refractivity contribution in [2.45, 2.75) is 19.8 Å². The van der Waals surface area contributed by atoms with E-state index in [0.717, 1.165) is 39.1 Å². The van der Waals surface area contributed by atoms with Crippen molar-refractivity contribution < 1.29 is 8.42 Å². The molecule has 122 valence electrons. The van der Waals surface area contributed by atoms with Crippen LogP contribution >= 0.6 is 0 Å². The Kier molecular flexibility index (Phi) is 4.85. The molecule has 0 saturated carbocycles. The Labute approximate surface area is 134 Å². The van der Waals surface area contributed by atoms with Crippen LogP contribution in [0.2, 0.25) is 0 Å². The van der Waals surface area contributed by atoms with E-state index in [-0.39, 0.29) is 5.75 Å². The van der Waals surface area contributed by atoms with Gasteiger partial charge in [0.15, 0.2) is 0 Å². The first-order valence-corrected chi connectivity index (χ1v) is 9.93. The topological polar surface area (TPSA) is 40.6 Å². The van der Waals surface area contributed by atoms with Crippen molar-refractivity contribution in [2.24, 2.45) is 11.8 Å². The second-order valence-electron chi connectivity index (χ2n) is 6.59. The number of rotatable bonds is 6. The zero-order valence-electron chi connectivity index (χ0n) is 13.3. The summed E-state index contributed by atoms with van der Waals surface area (Å²) in [6.07, 6.45) is 2.31. The summed E-state index contributed by atoms with van der Waals surface area (Å²) < 4.78 is 25.6.